The molecule has 2 aliphatic heterocycles. The number of benzene rings is 1. The third kappa shape index (κ3) is 2.35. The quantitative estimate of drug-likeness (QED) is 0.777. The second kappa shape index (κ2) is 5.40. The van der Waals surface area contributed by atoms with Gasteiger partial charge in [0.1, 0.15) is 17.9 Å². The van der Waals surface area contributed by atoms with Crippen molar-refractivity contribution < 1.29 is 14.0 Å². The zero-order chi connectivity index (χ0) is 15.1. The second-order valence-electron chi connectivity index (χ2n) is 5.52. The third-order valence-electron chi connectivity index (χ3n) is 4.22. The lowest BCUT2D eigenvalue weighted by Crippen LogP contribution is -2.65. The molecule has 2 atom stereocenters. The molecule has 3 rings (SSSR count). The molecule has 1 aromatic rings. The van der Waals surface area contributed by atoms with Crippen LogP contribution in [0.5, 0.6) is 0 Å². The smallest absolute Gasteiger partial charge is 0.250 e. The number of piperazine rings is 1. The first-order valence-electron chi connectivity index (χ1n) is 7.09. The molecule has 2 heterocycles. The van der Waals surface area contributed by atoms with Crippen LogP contribution in [0.3, 0.4) is 0 Å². The molecule has 6 heteroatoms. The molecule has 0 aliphatic carbocycles. The molecule has 0 spiro atoms. The monoisotopic (exact) mass is 354 g/mol. The SMILES string of the molecule is CC1C(=O)N2CCCCC2C(=O)N1c1cc(F)ccc1Br. The minimum atomic E-state index is -0.607. The maximum absolute atomic E-state index is 13.5. The van der Waals surface area contributed by atoms with Gasteiger partial charge in [0.15, 0.2) is 0 Å². The fraction of sp³-hybridized carbons (Fsp3) is 0.467. The van der Waals surface area contributed by atoms with E-state index in [4.69, 9.17) is 0 Å². The Morgan fingerprint density at radius 1 is 1.24 bits per heavy atom. The number of hydrogen-bond donors (Lipinski definition) is 0. The van der Waals surface area contributed by atoms with Gasteiger partial charge in [0.25, 0.3) is 5.91 Å². The van der Waals surface area contributed by atoms with Gasteiger partial charge in [-0.1, -0.05) is 0 Å². The molecule has 1 aromatic carbocycles. The van der Waals surface area contributed by atoms with Gasteiger partial charge < -0.3 is 4.90 Å². The van der Waals surface area contributed by atoms with E-state index in [0.29, 0.717) is 23.1 Å². The van der Waals surface area contributed by atoms with Crippen LogP contribution in [0, 0.1) is 5.82 Å². The summed E-state index contributed by atoms with van der Waals surface area (Å²) in [4.78, 5) is 28.4. The molecule has 2 aliphatic rings. The summed E-state index contributed by atoms with van der Waals surface area (Å²) >= 11 is 3.34. The largest absolute Gasteiger partial charge is 0.329 e. The van der Waals surface area contributed by atoms with Crippen molar-refractivity contribution in [2.24, 2.45) is 0 Å². The molecule has 0 radical (unpaired) electrons. The highest BCUT2D eigenvalue weighted by Gasteiger charge is 2.45. The van der Waals surface area contributed by atoms with E-state index in [-0.39, 0.29) is 11.8 Å². The summed E-state index contributed by atoms with van der Waals surface area (Å²) in [7, 11) is 0. The molecule has 4 nitrogen and oxygen atoms in total. The summed E-state index contributed by atoms with van der Waals surface area (Å²) in [5.74, 6) is -0.602. The molecule has 0 aromatic heterocycles. The molecular weight excluding hydrogens is 339 g/mol. The highest BCUT2D eigenvalue weighted by Crippen LogP contribution is 2.34. The van der Waals surface area contributed by atoms with Crippen LogP contribution in [-0.2, 0) is 9.59 Å². The van der Waals surface area contributed by atoms with Crippen LogP contribution in [0.15, 0.2) is 22.7 Å². The van der Waals surface area contributed by atoms with Crippen LogP contribution in [-0.4, -0.2) is 35.3 Å². The molecule has 0 bridgehead atoms. The normalized spacial score (nSPS) is 26.0. The van der Waals surface area contributed by atoms with Crippen LogP contribution in [0.25, 0.3) is 0 Å². The minimum absolute atomic E-state index is 0.0598. The predicted molar refractivity (Wildman–Crippen MR) is 80.4 cm³/mol. The first kappa shape index (κ1) is 14.5. The van der Waals surface area contributed by atoms with E-state index < -0.39 is 17.9 Å². The van der Waals surface area contributed by atoms with Crippen LogP contribution >= 0.6 is 15.9 Å². The van der Waals surface area contributed by atoms with Crippen molar-refractivity contribution in [3.8, 4) is 0 Å². The topological polar surface area (TPSA) is 40.6 Å². The first-order valence-corrected chi connectivity index (χ1v) is 7.88. The number of amides is 2. The summed E-state index contributed by atoms with van der Waals surface area (Å²) in [6.45, 7) is 2.33. The number of piperidine rings is 1. The lowest BCUT2D eigenvalue weighted by Gasteiger charge is -2.46. The van der Waals surface area contributed by atoms with E-state index in [1.54, 1.807) is 17.9 Å². The molecule has 2 fully saturated rings. The summed E-state index contributed by atoms with van der Waals surface area (Å²) in [6, 6.07) is 3.16. The van der Waals surface area contributed by atoms with Crippen LogP contribution in [0.4, 0.5) is 10.1 Å². The Morgan fingerprint density at radius 3 is 2.76 bits per heavy atom. The highest BCUT2D eigenvalue weighted by molar-refractivity contribution is 9.10. The number of carbonyl (C=O) groups is 2. The van der Waals surface area contributed by atoms with Gasteiger partial charge in [-0.15, -0.1) is 0 Å². The molecule has 0 saturated carbocycles. The Morgan fingerprint density at radius 2 is 2.00 bits per heavy atom. The average molecular weight is 355 g/mol. The van der Waals surface area contributed by atoms with E-state index in [0.717, 1.165) is 12.8 Å². The van der Waals surface area contributed by atoms with Gasteiger partial charge in [0.05, 0.1) is 5.69 Å². The summed E-state index contributed by atoms with van der Waals surface area (Å²) in [5, 5.41) is 0. The van der Waals surface area contributed by atoms with Crippen molar-refractivity contribution in [2.45, 2.75) is 38.3 Å². The van der Waals surface area contributed by atoms with Gasteiger partial charge in [0, 0.05) is 11.0 Å². The van der Waals surface area contributed by atoms with Gasteiger partial charge in [-0.3, -0.25) is 14.5 Å². The molecule has 21 heavy (non-hydrogen) atoms. The lowest BCUT2D eigenvalue weighted by molar-refractivity contribution is -0.147. The fourth-order valence-electron chi connectivity index (χ4n) is 3.15. The van der Waals surface area contributed by atoms with Crippen molar-refractivity contribution in [2.75, 3.05) is 11.4 Å². The molecule has 0 N–H and O–H groups in total. The van der Waals surface area contributed by atoms with Crippen molar-refractivity contribution in [3.63, 3.8) is 0 Å². The van der Waals surface area contributed by atoms with Crippen molar-refractivity contribution in [1.29, 1.82) is 0 Å². The van der Waals surface area contributed by atoms with Gasteiger partial charge in [-0.2, -0.15) is 0 Å². The van der Waals surface area contributed by atoms with Gasteiger partial charge in [0.2, 0.25) is 5.91 Å². The summed E-state index contributed by atoms with van der Waals surface area (Å²) < 4.78 is 14.1. The van der Waals surface area contributed by atoms with Crippen LogP contribution in [0.1, 0.15) is 26.2 Å². The lowest BCUT2D eigenvalue weighted by atomic mass is 9.95. The fourth-order valence-corrected chi connectivity index (χ4v) is 3.59. The van der Waals surface area contributed by atoms with E-state index in [1.165, 1.54) is 17.0 Å². The average Bonchev–Trinajstić information content (AvgIpc) is 2.49. The minimum Gasteiger partial charge on any atom is -0.329 e. The van der Waals surface area contributed by atoms with E-state index >= 15 is 0 Å². The van der Waals surface area contributed by atoms with E-state index in [1.807, 2.05) is 0 Å². The number of nitrogens with zero attached hydrogens (tertiary/aromatic N) is 2. The Bertz CT molecular complexity index is 607. The Balaban J connectivity index is 2.03. The molecule has 112 valence electrons. The van der Waals surface area contributed by atoms with Crippen molar-refractivity contribution >= 4 is 33.4 Å². The van der Waals surface area contributed by atoms with Gasteiger partial charge >= 0.3 is 0 Å². The number of rotatable bonds is 1. The molecule has 2 unspecified atom stereocenters. The van der Waals surface area contributed by atoms with Gasteiger partial charge in [-0.25, -0.2) is 4.39 Å². The molecule has 2 saturated heterocycles. The molecule has 2 amide bonds. The van der Waals surface area contributed by atoms with Crippen LogP contribution in [0.2, 0.25) is 0 Å². The standard InChI is InChI=1S/C15H16BrFN2O2/c1-9-14(20)18-7-3-2-4-12(18)15(21)19(9)13-8-10(17)5-6-11(13)16/h5-6,8-9,12H,2-4,7H2,1H3. The third-order valence-corrected chi connectivity index (χ3v) is 4.89. The number of anilines is 1. The van der Waals surface area contributed by atoms with Crippen molar-refractivity contribution in [3.05, 3.63) is 28.5 Å². The zero-order valence-electron chi connectivity index (χ0n) is 11.7. The van der Waals surface area contributed by atoms with E-state index in [9.17, 15) is 14.0 Å². The zero-order valence-corrected chi connectivity index (χ0v) is 13.3. The highest BCUT2D eigenvalue weighted by atomic mass is 79.9. The summed E-state index contributed by atoms with van der Waals surface area (Å²) in [6.07, 6.45) is 2.55. The van der Waals surface area contributed by atoms with E-state index in [2.05, 4.69) is 15.9 Å². The Hall–Kier alpha value is -1.43. The Kier molecular flexibility index (Phi) is 3.73. The summed E-state index contributed by atoms with van der Waals surface area (Å²) in [5.41, 5.74) is 0.422. The first-order chi connectivity index (χ1) is 10.0. The van der Waals surface area contributed by atoms with Crippen molar-refractivity contribution in [1.82, 2.24) is 4.90 Å². The maximum atomic E-state index is 13.5. The number of halogens is 2. The number of hydrogen-bond acceptors (Lipinski definition) is 2. The Labute approximate surface area is 131 Å². The second-order valence-corrected chi connectivity index (χ2v) is 6.38. The predicted octanol–water partition coefficient (Wildman–Crippen LogP) is 2.70. The number of carbonyl (C=O) groups excluding carboxylic acids is 2. The molecular formula is C15H16BrFN2O2. The van der Waals surface area contributed by atoms with Crippen LogP contribution < -0.4 is 4.90 Å². The maximum Gasteiger partial charge on any atom is 0.250 e. The number of fused-ring (bicyclic) bond motifs is 1. The van der Waals surface area contributed by atoms with Gasteiger partial charge in [-0.05, 0) is 60.3 Å².